The average Bonchev–Trinajstić information content (AvgIpc) is 2.43. The lowest BCUT2D eigenvalue weighted by molar-refractivity contribution is 0.112. The van der Waals surface area contributed by atoms with Crippen molar-refractivity contribution in [2.24, 2.45) is 0 Å². The Balaban J connectivity index is 2.91. The number of methoxy groups -OCH3 is 1. The summed E-state index contributed by atoms with van der Waals surface area (Å²) in [5.41, 5.74) is 0. The first-order valence-corrected chi connectivity index (χ1v) is 4.82. The highest BCUT2D eigenvalue weighted by molar-refractivity contribution is 9.10. The number of carbonyl (C=O) groups is 1. The largest absolute Gasteiger partial charge is 0.504 e. The fourth-order valence-corrected chi connectivity index (χ4v) is 2.23. The highest BCUT2D eigenvalue weighted by Crippen LogP contribution is 2.27. The predicted octanol–water partition coefficient (Wildman–Crippen LogP) is 2.94. The molecule has 1 aromatic rings. The zero-order chi connectivity index (χ0) is 8.97. The van der Waals surface area contributed by atoms with Gasteiger partial charge in [0.05, 0.1) is 18.2 Å². The third kappa shape index (κ3) is 2.19. The Labute approximate surface area is 83.0 Å². The van der Waals surface area contributed by atoms with Crippen LogP contribution in [0.2, 0.25) is 0 Å². The molecule has 0 unspecified atom stereocenters. The molecule has 0 aliphatic rings. The van der Waals surface area contributed by atoms with Crippen LogP contribution in [0.1, 0.15) is 14.5 Å². The van der Waals surface area contributed by atoms with Gasteiger partial charge in [-0.05, 0) is 28.1 Å². The third-order valence-corrected chi connectivity index (χ3v) is 3.15. The molecule has 0 aliphatic heterocycles. The van der Waals surface area contributed by atoms with Gasteiger partial charge in [-0.3, -0.25) is 4.79 Å². The highest BCUT2D eigenvalue weighted by Gasteiger charge is 2.02. The van der Waals surface area contributed by atoms with Gasteiger partial charge in [-0.15, -0.1) is 11.3 Å². The van der Waals surface area contributed by atoms with Gasteiger partial charge in [0, 0.05) is 9.35 Å². The average molecular weight is 247 g/mol. The van der Waals surface area contributed by atoms with Crippen LogP contribution in [-0.2, 0) is 4.74 Å². The number of carbonyl (C=O) groups excluding carboxylic acids is 1. The predicted molar refractivity (Wildman–Crippen MR) is 53.4 cm³/mol. The monoisotopic (exact) mass is 246 g/mol. The van der Waals surface area contributed by atoms with Crippen LogP contribution in [0.5, 0.6) is 0 Å². The summed E-state index contributed by atoms with van der Waals surface area (Å²) in [6.45, 7) is 0. The van der Waals surface area contributed by atoms with E-state index >= 15 is 0 Å². The van der Waals surface area contributed by atoms with Gasteiger partial charge in [0.1, 0.15) is 0 Å². The lowest BCUT2D eigenvalue weighted by atomic mass is 10.4. The molecule has 0 saturated carbocycles. The summed E-state index contributed by atoms with van der Waals surface area (Å²) < 4.78 is 5.68. The number of halogens is 1. The smallest absolute Gasteiger partial charge is 0.160 e. The van der Waals surface area contributed by atoms with Crippen molar-refractivity contribution < 1.29 is 9.53 Å². The summed E-state index contributed by atoms with van der Waals surface area (Å²) in [6.07, 6.45) is 4.21. The Morgan fingerprint density at radius 1 is 1.67 bits per heavy atom. The Bertz CT molecular complexity index is 304. The number of ether oxygens (including phenoxy) is 1. The molecule has 12 heavy (non-hydrogen) atoms. The molecule has 0 aromatic carbocycles. The number of rotatable bonds is 3. The summed E-state index contributed by atoms with van der Waals surface area (Å²) in [6, 6.07) is 1.78. The van der Waals surface area contributed by atoms with Gasteiger partial charge >= 0.3 is 0 Å². The van der Waals surface area contributed by atoms with Crippen LogP contribution >= 0.6 is 27.3 Å². The van der Waals surface area contributed by atoms with E-state index in [4.69, 9.17) is 4.74 Å². The normalized spacial score (nSPS) is 10.5. The maximum Gasteiger partial charge on any atom is 0.160 e. The molecule has 0 amide bonds. The van der Waals surface area contributed by atoms with E-state index < -0.39 is 0 Å². The molecule has 0 fully saturated rings. The first-order valence-electron chi connectivity index (χ1n) is 3.21. The van der Waals surface area contributed by atoms with Crippen molar-refractivity contribution in [1.29, 1.82) is 0 Å². The molecule has 4 heteroatoms. The van der Waals surface area contributed by atoms with Crippen LogP contribution < -0.4 is 0 Å². The van der Waals surface area contributed by atoms with Gasteiger partial charge in [0.15, 0.2) is 6.29 Å². The highest BCUT2D eigenvalue weighted by atomic mass is 79.9. The Hall–Kier alpha value is -0.610. The van der Waals surface area contributed by atoms with Crippen molar-refractivity contribution in [3.8, 4) is 0 Å². The second-order valence-electron chi connectivity index (χ2n) is 2.02. The molecule has 0 saturated heterocycles. The standard InChI is InChI=1S/C8H7BrO2S/c1-11-3-2-8-7(9)4-6(5-10)12-8/h2-5H,1H3/b3-2-. The summed E-state index contributed by atoms with van der Waals surface area (Å²) in [4.78, 5) is 12.1. The molecular weight excluding hydrogens is 240 g/mol. The topological polar surface area (TPSA) is 26.3 Å². The van der Waals surface area contributed by atoms with Crippen molar-refractivity contribution in [3.63, 3.8) is 0 Å². The molecule has 1 aromatic heterocycles. The van der Waals surface area contributed by atoms with E-state index in [-0.39, 0.29) is 0 Å². The van der Waals surface area contributed by atoms with E-state index in [1.165, 1.54) is 11.3 Å². The zero-order valence-corrected chi connectivity index (χ0v) is 8.81. The molecule has 0 spiro atoms. The van der Waals surface area contributed by atoms with Crippen molar-refractivity contribution in [2.45, 2.75) is 0 Å². The molecule has 1 rings (SSSR count). The SMILES string of the molecule is CO/C=C\c1sc(C=O)cc1Br. The van der Waals surface area contributed by atoms with E-state index in [9.17, 15) is 4.79 Å². The Morgan fingerprint density at radius 2 is 2.42 bits per heavy atom. The minimum absolute atomic E-state index is 0.706. The molecule has 0 bridgehead atoms. The molecule has 2 nitrogen and oxygen atoms in total. The lowest BCUT2D eigenvalue weighted by Gasteiger charge is -1.86. The van der Waals surface area contributed by atoms with Crippen molar-refractivity contribution in [3.05, 3.63) is 26.6 Å². The molecule has 64 valence electrons. The first kappa shape index (κ1) is 9.48. The molecule has 0 atom stereocenters. The maximum atomic E-state index is 10.4. The van der Waals surface area contributed by atoms with Gasteiger partial charge in [0.2, 0.25) is 0 Å². The molecule has 0 radical (unpaired) electrons. The number of hydrogen-bond donors (Lipinski definition) is 0. The van der Waals surface area contributed by atoms with Gasteiger partial charge in [0.25, 0.3) is 0 Å². The number of aldehydes is 1. The van der Waals surface area contributed by atoms with E-state index in [1.807, 2.05) is 6.08 Å². The van der Waals surface area contributed by atoms with Crippen molar-refractivity contribution >= 4 is 39.6 Å². The summed E-state index contributed by atoms with van der Waals surface area (Å²) in [7, 11) is 1.58. The second kappa shape index (κ2) is 4.42. The minimum atomic E-state index is 0.706. The molecule has 0 N–H and O–H groups in total. The fraction of sp³-hybridized carbons (Fsp3) is 0.125. The van der Waals surface area contributed by atoms with Crippen molar-refractivity contribution in [2.75, 3.05) is 7.11 Å². The molecule has 0 aliphatic carbocycles. The van der Waals surface area contributed by atoms with E-state index in [0.717, 1.165) is 15.6 Å². The Kier molecular flexibility index (Phi) is 3.49. The molecule has 1 heterocycles. The van der Waals surface area contributed by atoms with Crippen LogP contribution in [-0.4, -0.2) is 13.4 Å². The van der Waals surface area contributed by atoms with Gasteiger partial charge < -0.3 is 4.74 Å². The van der Waals surface area contributed by atoms with Crippen LogP contribution in [0.4, 0.5) is 0 Å². The number of thiophene rings is 1. The fourth-order valence-electron chi connectivity index (χ4n) is 0.703. The van der Waals surface area contributed by atoms with E-state index in [1.54, 1.807) is 19.4 Å². The van der Waals surface area contributed by atoms with E-state index in [0.29, 0.717) is 4.88 Å². The lowest BCUT2D eigenvalue weighted by Crippen LogP contribution is -1.64. The summed E-state index contributed by atoms with van der Waals surface area (Å²) >= 11 is 4.75. The zero-order valence-electron chi connectivity index (χ0n) is 6.41. The van der Waals surface area contributed by atoms with Crippen LogP contribution in [0, 0.1) is 0 Å². The first-order chi connectivity index (χ1) is 5.77. The second-order valence-corrected chi connectivity index (χ2v) is 3.99. The quantitative estimate of drug-likeness (QED) is 0.606. The van der Waals surface area contributed by atoms with Gasteiger partial charge in [-0.25, -0.2) is 0 Å². The summed E-state index contributed by atoms with van der Waals surface area (Å²) in [5, 5.41) is 0. The van der Waals surface area contributed by atoms with Gasteiger partial charge in [-0.1, -0.05) is 0 Å². The van der Waals surface area contributed by atoms with E-state index in [2.05, 4.69) is 15.9 Å². The minimum Gasteiger partial charge on any atom is -0.504 e. The van der Waals surface area contributed by atoms with Crippen LogP contribution in [0.25, 0.3) is 6.08 Å². The van der Waals surface area contributed by atoms with Crippen LogP contribution in [0.15, 0.2) is 16.8 Å². The van der Waals surface area contributed by atoms with Gasteiger partial charge in [-0.2, -0.15) is 0 Å². The number of hydrogen-bond acceptors (Lipinski definition) is 3. The summed E-state index contributed by atoms with van der Waals surface area (Å²) in [5.74, 6) is 0. The van der Waals surface area contributed by atoms with Crippen LogP contribution in [0.3, 0.4) is 0 Å². The molecular formula is C8H7BrO2S. The Morgan fingerprint density at radius 3 is 2.92 bits per heavy atom. The third-order valence-electron chi connectivity index (χ3n) is 1.20. The maximum absolute atomic E-state index is 10.4. The van der Waals surface area contributed by atoms with Crippen molar-refractivity contribution in [1.82, 2.24) is 0 Å².